The van der Waals surface area contributed by atoms with Crippen LogP contribution >= 0.6 is 0 Å². The van der Waals surface area contributed by atoms with Gasteiger partial charge in [-0.1, -0.05) is 10.2 Å². The summed E-state index contributed by atoms with van der Waals surface area (Å²) < 4.78 is 17.9. The molecule has 3 aliphatic heterocycles. The number of azide groups is 2. The van der Waals surface area contributed by atoms with Gasteiger partial charge in [-0.15, -0.1) is 0 Å². The van der Waals surface area contributed by atoms with E-state index >= 15 is 0 Å². The second-order valence-corrected chi connectivity index (χ2v) is 5.86. The second-order valence-electron chi connectivity index (χ2n) is 5.86. The lowest BCUT2D eigenvalue weighted by Crippen LogP contribution is -2.59. The monoisotopic (exact) mass is 280 g/mol. The average Bonchev–Trinajstić information content (AvgIpc) is 2.93. The van der Waals surface area contributed by atoms with Gasteiger partial charge in [0.2, 0.25) is 0 Å². The fraction of sp³-hybridized carbons (Fsp3) is 1.00. The Morgan fingerprint density at radius 2 is 2.00 bits per heavy atom. The molecule has 0 aromatic rings. The molecule has 2 bridgehead atoms. The summed E-state index contributed by atoms with van der Waals surface area (Å²) in [6, 6.07) is -0.409. The molecule has 3 aliphatic rings. The molecule has 5 atom stereocenters. The molecular formula is C11H16N6O3. The summed E-state index contributed by atoms with van der Waals surface area (Å²) in [5, 5.41) is 7.49. The Morgan fingerprint density at radius 3 is 2.70 bits per heavy atom. The minimum absolute atomic E-state index is 0.198. The van der Waals surface area contributed by atoms with Crippen molar-refractivity contribution < 1.29 is 14.2 Å². The molecule has 0 N–H and O–H groups in total. The molecule has 0 radical (unpaired) electrons. The highest BCUT2D eigenvalue weighted by Crippen LogP contribution is 2.50. The first-order chi connectivity index (χ1) is 9.51. The van der Waals surface area contributed by atoms with Crippen LogP contribution in [0.1, 0.15) is 26.7 Å². The van der Waals surface area contributed by atoms with Gasteiger partial charge in [-0.25, -0.2) is 0 Å². The topological polar surface area (TPSA) is 125 Å². The van der Waals surface area contributed by atoms with Crippen LogP contribution in [0.3, 0.4) is 0 Å². The Bertz CT molecular complexity index is 512. The highest BCUT2D eigenvalue weighted by Gasteiger charge is 2.64. The van der Waals surface area contributed by atoms with Crippen molar-refractivity contribution in [3.8, 4) is 0 Å². The van der Waals surface area contributed by atoms with Crippen molar-refractivity contribution in [3.05, 3.63) is 20.9 Å². The largest absolute Gasteiger partial charge is 0.368 e. The molecule has 3 fully saturated rings. The Kier molecular flexibility index (Phi) is 3.04. The van der Waals surface area contributed by atoms with Gasteiger partial charge in [0.15, 0.2) is 5.79 Å². The van der Waals surface area contributed by atoms with E-state index < -0.39 is 23.5 Å². The minimum Gasteiger partial charge on any atom is -0.368 e. The predicted molar refractivity (Wildman–Crippen MR) is 67.6 cm³/mol. The van der Waals surface area contributed by atoms with Gasteiger partial charge in [-0.3, -0.25) is 0 Å². The molecule has 0 spiro atoms. The van der Waals surface area contributed by atoms with Crippen LogP contribution in [0.4, 0.5) is 0 Å². The molecule has 0 aromatic carbocycles. The highest BCUT2D eigenvalue weighted by atomic mass is 16.8. The third kappa shape index (κ3) is 1.91. The van der Waals surface area contributed by atoms with Crippen LogP contribution in [0, 0.1) is 0 Å². The average molecular weight is 280 g/mol. The molecular weight excluding hydrogens is 264 g/mol. The van der Waals surface area contributed by atoms with Crippen molar-refractivity contribution in [2.45, 2.75) is 62.4 Å². The Hall–Kier alpha value is -1.50. The van der Waals surface area contributed by atoms with Crippen LogP contribution < -0.4 is 0 Å². The number of fused-ring (bicyclic) bond motifs is 4. The number of rotatable bonds is 3. The zero-order valence-corrected chi connectivity index (χ0v) is 11.3. The van der Waals surface area contributed by atoms with Crippen molar-refractivity contribution in [3.63, 3.8) is 0 Å². The fourth-order valence-corrected chi connectivity index (χ4v) is 3.47. The molecule has 20 heavy (non-hydrogen) atoms. The maximum absolute atomic E-state index is 8.74. The van der Waals surface area contributed by atoms with Gasteiger partial charge in [-0.2, -0.15) is 0 Å². The van der Waals surface area contributed by atoms with Crippen molar-refractivity contribution in [1.82, 2.24) is 0 Å². The smallest absolute Gasteiger partial charge is 0.163 e. The number of ether oxygens (including phenoxy) is 3. The van der Waals surface area contributed by atoms with E-state index in [2.05, 4.69) is 20.1 Å². The third-order valence-electron chi connectivity index (χ3n) is 4.19. The number of nitrogens with zero attached hydrogens (tertiary/aromatic N) is 6. The highest BCUT2D eigenvalue weighted by molar-refractivity contribution is 5.13. The van der Waals surface area contributed by atoms with Gasteiger partial charge < -0.3 is 14.2 Å². The summed E-state index contributed by atoms with van der Waals surface area (Å²) in [7, 11) is 0. The lowest BCUT2D eigenvalue weighted by atomic mass is 9.88. The van der Waals surface area contributed by atoms with Gasteiger partial charge in [-0.05, 0) is 37.8 Å². The van der Waals surface area contributed by atoms with E-state index in [1.54, 1.807) is 0 Å². The van der Waals surface area contributed by atoms with Crippen molar-refractivity contribution in [2.24, 2.45) is 10.2 Å². The minimum atomic E-state index is -0.768. The van der Waals surface area contributed by atoms with Gasteiger partial charge >= 0.3 is 0 Å². The molecule has 0 saturated carbocycles. The number of hydrogen-bond donors (Lipinski definition) is 0. The fourth-order valence-electron chi connectivity index (χ4n) is 3.47. The van der Waals surface area contributed by atoms with Gasteiger partial charge in [0, 0.05) is 9.82 Å². The summed E-state index contributed by atoms with van der Waals surface area (Å²) in [6.45, 7) is 3.82. The molecule has 9 nitrogen and oxygen atoms in total. The molecule has 3 saturated heterocycles. The zero-order chi connectivity index (χ0) is 14.4. The molecule has 3 rings (SSSR count). The van der Waals surface area contributed by atoms with E-state index in [1.807, 2.05) is 13.8 Å². The van der Waals surface area contributed by atoms with Crippen LogP contribution in [0.15, 0.2) is 10.2 Å². The first kappa shape index (κ1) is 13.5. The van der Waals surface area contributed by atoms with Crippen molar-refractivity contribution in [2.75, 3.05) is 6.54 Å². The van der Waals surface area contributed by atoms with Crippen molar-refractivity contribution >= 4 is 0 Å². The Morgan fingerprint density at radius 1 is 1.20 bits per heavy atom. The van der Waals surface area contributed by atoms with Crippen LogP contribution in [-0.4, -0.2) is 42.3 Å². The van der Waals surface area contributed by atoms with Crippen molar-refractivity contribution in [1.29, 1.82) is 0 Å². The van der Waals surface area contributed by atoms with Gasteiger partial charge in [0.25, 0.3) is 0 Å². The summed E-state index contributed by atoms with van der Waals surface area (Å²) in [4.78, 5) is 5.71. The predicted octanol–water partition coefficient (Wildman–Crippen LogP) is 2.43. The Balaban J connectivity index is 1.97. The van der Waals surface area contributed by atoms with Crippen LogP contribution in [-0.2, 0) is 14.2 Å². The standard InChI is InChI=1S/C11H16N6O3/c1-10(2)19-8-7(15-17-13)6-3-4-11(18-6,5-14-16-12)9(8)20-10/h6-9H,3-5H2,1-2H3/t6?,7-,8?,9-,11?/m1/s1. The van der Waals surface area contributed by atoms with Crippen LogP contribution in [0.5, 0.6) is 0 Å². The van der Waals surface area contributed by atoms with E-state index in [-0.39, 0.29) is 18.8 Å². The molecule has 3 unspecified atom stereocenters. The molecule has 3 heterocycles. The maximum Gasteiger partial charge on any atom is 0.163 e. The van der Waals surface area contributed by atoms with Crippen LogP contribution in [0.25, 0.3) is 20.9 Å². The van der Waals surface area contributed by atoms with E-state index in [4.69, 9.17) is 25.3 Å². The normalized spacial score (nSPS) is 44.3. The Labute approximate surface area is 115 Å². The van der Waals surface area contributed by atoms with E-state index in [9.17, 15) is 0 Å². The lowest BCUT2D eigenvalue weighted by Gasteiger charge is -2.42. The zero-order valence-electron chi connectivity index (χ0n) is 11.3. The molecule has 0 aromatic heterocycles. The summed E-state index contributed by atoms with van der Waals surface area (Å²) >= 11 is 0. The SMILES string of the molecule is CC1(C)OC2[C@H](N=[N+]=[N-])C3CCC(CN=[N+]=[N-])(O3)[C@@H]2O1. The lowest BCUT2D eigenvalue weighted by molar-refractivity contribution is -0.179. The van der Waals surface area contributed by atoms with Crippen LogP contribution in [0.2, 0.25) is 0 Å². The third-order valence-corrected chi connectivity index (χ3v) is 4.19. The molecule has 0 aliphatic carbocycles. The second kappa shape index (κ2) is 4.51. The van der Waals surface area contributed by atoms with Gasteiger partial charge in [0.05, 0.1) is 18.7 Å². The van der Waals surface area contributed by atoms with E-state index in [0.717, 1.165) is 6.42 Å². The maximum atomic E-state index is 8.74. The van der Waals surface area contributed by atoms with E-state index in [1.165, 1.54) is 0 Å². The summed E-state index contributed by atoms with van der Waals surface area (Å²) in [5.41, 5.74) is 16.6. The van der Waals surface area contributed by atoms with Gasteiger partial charge in [0.1, 0.15) is 17.8 Å². The molecule has 0 amide bonds. The molecule has 9 heteroatoms. The molecule has 108 valence electrons. The summed E-state index contributed by atoms with van der Waals surface area (Å²) in [5.74, 6) is -0.768. The summed E-state index contributed by atoms with van der Waals surface area (Å²) in [6.07, 6.45) is 0.478. The quantitative estimate of drug-likeness (QED) is 0.447. The van der Waals surface area contributed by atoms with E-state index in [0.29, 0.717) is 6.42 Å². The number of hydrogen-bond acceptors (Lipinski definition) is 5. The first-order valence-corrected chi connectivity index (χ1v) is 6.60. The first-order valence-electron chi connectivity index (χ1n) is 6.60.